The van der Waals surface area contributed by atoms with Crippen LogP contribution >= 0.6 is 0 Å². The van der Waals surface area contributed by atoms with Crippen LogP contribution in [-0.4, -0.2) is 63.6 Å². The summed E-state index contributed by atoms with van der Waals surface area (Å²) < 4.78 is 6.07. The van der Waals surface area contributed by atoms with Gasteiger partial charge in [0.25, 0.3) is 0 Å². The monoisotopic (exact) mass is 482 g/mol. The number of nitrogens with one attached hydrogen (secondary N) is 1. The van der Waals surface area contributed by atoms with E-state index in [0.717, 1.165) is 24.0 Å². The van der Waals surface area contributed by atoms with Crippen LogP contribution in [0, 0.1) is 12.8 Å². The van der Waals surface area contributed by atoms with Crippen LogP contribution in [0.25, 0.3) is 0 Å². The summed E-state index contributed by atoms with van der Waals surface area (Å²) in [4.78, 5) is 43.5. The van der Waals surface area contributed by atoms with Gasteiger partial charge in [-0.15, -0.1) is 0 Å². The fraction of sp³-hybridized carbons (Fsp3) is 0.462. The molecule has 1 aliphatic rings. The van der Waals surface area contributed by atoms with Crippen LogP contribution in [0.2, 0.25) is 0 Å². The average molecular weight is 483 g/mol. The maximum atomic E-state index is 13.6. The highest BCUT2D eigenvalue weighted by atomic mass is 16.5. The van der Waals surface area contributed by atoms with Gasteiger partial charge in [-0.2, -0.15) is 0 Å². The van der Waals surface area contributed by atoms with Crippen LogP contribution in [0.1, 0.15) is 43.7 Å². The number of aryl methyl sites for hydroxylation is 1. The highest BCUT2D eigenvalue weighted by Crippen LogP contribution is 2.26. The van der Waals surface area contributed by atoms with Crippen LogP contribution in [0.3, 0.4) is 0 Å². The molecular weight excluding hydrogens is 448 g/mol. The van der Waals surface area contributed by atoms with Crippen LogP contribution in [-0.2, 0) is 25.7 Å². The number of benzene rings is 1. The van der Waals surface area contributed by atoms with Crippen molar-refractivity contribution in [2.75, 3.05) is 18.4 Å². The molecule has 2 aromatic rings. The average Bonchev–Trinajstić information content (AvgIpc) is 3.31. The SMILES string of the molecule is CCCC[C@H](CN(O)C=O)C(=O)N1C[C@H](OCc2ccccc2)C[C@H]1C(=O)Nc1ccc(C)cn1. The zero-order valence-electron chi connectivity index (χ0n) is 20.3. The number of aromatic nitrogens is 1. The summed E-state index contributed by atoms with van der Waals surface area (Å²) >= 11 is 0. The van der Waals surface area contributed by atoms with Crippen LogP contribution in [0.4, 0.5) is 5.82 Å². The molecule has 2 N–H and O–H groups in total. The lowest BCUT2D eigenvalue weighted by Crippen LogP contribution is -2.47. The molecule has 0 aliphatic carbocycles. The summed E-state index contributed by atoms with van der Waals surface area (Å²) in [6.45, 7) is 4.41. The van der Waals surface area contributed by atoms with Gasteiger partial charge in [0.2, 0.25) is 18.2 Å². The van der Waals surface area contributed by atoms with Gasteiger partial charge in [-0.05, 0) is 30.5 Å². The van der Waals surface area contributed by atoms with E-state index >= 15 is 0 Å². The van der Waals surface area contributed by atoms with Crippen molar-refractivity contribution in [2.24, 2.45) is 5.92 Å². The fourth-order valence-corrected chi connectivity index (χ4v) is 4.20. The molecular formula is C26H34N4O5. The van der Waals surface area contributed by atoms with E-state index in [-0.39, 0.29) is 37.4 Å². The summed E-state index contributed by atoms with van der Waals surface area (Å²) in [6, 6.07) is 12.5. The van der Waals surface area contributed by atoms with E-state index in [0.29, 0.717) is 30.3 Å². The summed E-state index contributed by atoms with van der Waals surface area (Å²) in [5.41, 5.74) is 1.97. The minimum absolute atomic E-state index is 0.123. The Balaban J connectivity index is 1.76. The number of unbranched alkanes of at least 4 members (excludes halogenated alkanes) is 1. The van der Waals surface area contributed by atoms with E-state index in [1.807, 2.05) is 50.2 Å². The summed E-state index contributed by atoms with van der Waals surface area (Å²) in [5.74, 6) is -0.828. The molecule has 3 atom stereocenters. The molecule has 9 heteroatoms. The molecule has 0 saturated carbocycles. The Morgan fingerprint density at radius 3 is 2.71 bits per heavy atom. The first-order valence-corrected chi connectivity index (χ1v) is 12.0. The lowest BCUT2D eigenvalue weighted by molar-refractivity contribution is -0.158. The van der Waals surface area contributed by atoms with E-state index in [2.05, 4.69) is 10.3 Å². The molecule has 35 heavy (non-hydrogen) atoms. The molecule has 1 fully saturated rings. The third-order valence-corrected chi connectivity index (χ3v) is 6.12. The van der Waals surface area contributed by atoms with Crippen molar-refractivity contribution in [3.8, 4) is 0 Å². The predicted octanol–water partition coefficient (Wildman–Crippen LogP) is 3.17. The van der Waals surface area contributed by atoms with Crippen molar-refractivity contribution >= 4 is 24.0 Å². The Bertz CT molecular complexity index is 969. The molecule has 3 amide bonds. The van der Waals surface area contributed by atoms with Gasteiger partial charge in [0.05, 0.1) is 25.2 Å². The van der Waals surface area contributed by atoms with Crippen LogP contribution < -0.4 is 5.32 Å². The Morgan fingerprint density at radius 2 is 2.06 bits per heavy atom. The van der Waals surface area contributed by atoms with Crippen molar-refractivity contribution in [1.29, 1.82) is 0 Å². The second kappa shape index (κ2) is 13.0. The van der Waals surface area contributed by atoms with Gasteiger partial charge in [-0.1, -0.05) is 56.2 Å². The minimum atomic E-state index is -0.751. The number of anilines is 1. The number of carbonyl (C=O) groups is 3. The molecule has 188 valence electrons. The van der Waals surface area contributed by atoms with E-state index in [1.54, 1.807) is 12.3 Å². The molecule has 0 bridgehead atoms. The number of carbonyl (C=O) groups excluding carboxylic acids is 3. The van der Waals surface area contributed by atoms with Crippen molar-refractivity contribution in [2.45, 2.75) is 58.3 Å². The smallest absolute Gasteiger partial charge is 0.248 e. The van der Waals surface area contributed by atoms with Gasteiger partial charge in [0.1, 0.15) is 11.9 Å². The lowest BCUT2D eigenvalue weighted by Gasteiger charge is -2.29. The highest BCUT2D eigenvalue weighted by Gasteiger charge is 2.42. The normalized spacial score (nSPS) is 18.2. The van der Waals surface area contributed by atoms with Gasteiger partial charge < -0.3 is 15.0 Å². The first-order chi connectivity index (χ1) is 16.9. The quantitative estimate of drug-likeness (QED) is 0.273. The third-order valence-electron chi connectivity index (χ3n) is 6.12. The Labute approximate surface area is 206 Å². The number of amides is 3. The van der Waals surface area contributed by atoms with Gasteiger partial charge in [-0.25, -0.2) is 10.0 Å². The Kier molecular flexibility index (Phi) is 9.75. The zero-order valence-corrected chi connectivity index (χ0v) is 20.3. The van der Waals surface area contributed by atoms with E-state index in [1.165, 1.54) is 4.90 Å². The number of ether oxygens (including phenoxy) is 1. The first-order valence-electron chi connectivity index (χ1n) is 12.0. The number of rotatable bonds is 12. The maximum Gasteiger partial charge on any atom is 0.248 e. The molecule has 1 aromatic carbocycles. The number of nitrogens with zero attached hydrogens (tertiary/aromatic N) is 3. The topological polar surface area (TPSA) is 112 Å². The zero-order chi connectivity index (χ0) is 25.2. The van der Waals surface area contributed by atoms with Crippen molar-refractivity contribution < 1.29 is 24.3 Å². The second-order valence-corrected chi connectivity index (χ2v) is 8.94. The maximum absolute atomic E-state index is 13.6. The van der Waals surface area contributed by atoms with Gasteiger partial charge in [0, 0.05) is 19.2 Å². The molecule has 0 radical (unpaired) electrons. The Hall–Kier alpha value is -3.30. The number of hydrogen-bond acceptors (Lipinski definition) is 6. The highest BCUT2D eigenvalue weighted by molar-refractivity contribution is 5.97. The van der Waals surface area contributed by atoms with Gasteiger partial charge >= 0.3 is 0 Å². The van der Waals surface area contributed by atoms with E-state index < -0.39 is 12.0 Å². The van der Waals surface area contributed by atoms with Crippen molar-refractivity contribution in [3.63, 3.8) is 0 Å². The summed E-state index contributed by atoms with van der Waals surface area (Å²) in [7, 11) is 0. The van der Waals surface area contributed by atoms with Crippen LogP contribution in [0.15, 0.2) is 48.7 Å². The van der Waals surface area contributed by atoms with Crippen molar-refractivity contribution in [1.82, 2.24) is 14.9 Å². The molecule has 9 nitrogen and oxygen atoms in total. The first kappa shape index (κ1) is 26.3. The van der Waals surface area contributed by atoms with E-state index in [4.69, 9.17) is 4.74 Å². The predicted molar refractivity (Wildman–Crippen MR) is 130 cm³/mol. The number of pyridine rings is 1. The molecule has 3 rings (SSSR count). The van der Waals surface area contributed by atoms with Crippen LogP contribution in [0.5, 0.6) is 0 Å². The largest absolute Gasteiger partial charge is 0.372 e. The molecule has 2 heterocycles. The summed E-state index contributed by atoms with van der Waals surface area (Å²) in [6.07, 6.45) is 4.08. The lowest BCUT2D eigenvalue weighted by atomic mass is 9.99. The standard InChI is InChI=1S/C26H34N4O5/c1-3-4-10-21(15-29(34)18-31)26(33)30-16-22(35-17-20-8-6-5-7-9-20)13-23(30)25(32)28-24-12-11-19(2)14-27-24/h5-9,11-12,14,18,21-23,34H,3-4,10,13,15-17H2,1-2H3,(H,27,28,32)/t21-,22-,23+/m1/s1. The fourth-order valence-electron chi connectivity index (χ4n) is 4.20. The number of hydrogen-bond donors (Lipinski definition) is 2. The van der Waals surface area contributed by atoms with Gasteiger partial charge in [-0.3, -0.25) is 19.6 Å². The molecule has 0 spiro atoms. The minimum Gasteiger partial charge on any atom is -0.372 e. The van der Waals surface area contributed by atoms with Crippen molar-refractivity contribution in [3.05, 3.63) is 59.8 Å². The third kappa shape index (κ3) is 7.60. The molecule has 1 saturated heterocycles. The summed E-state index contributed by atoms with van der Waals surface area (Å²) in [5, 5.41) is 13.1. The molecule has 1 aromatic heterocycles. The molecule has 0 unspecified atom stereocenters. The Morgan fingerprint density at radius 1 is 1.29 bits per heavy atom. The van der Waals surface area contributed by atoms with Gasteiger partial charge in [0.15, 0.2) is 0 Å². The number of likely N-dealkylation sites (tertiary alicyclic amines) is 1. The number of hydroxylamine groups is 2. The molecule has 1 aliphatic heterocycles. The van der Waals surface area contributed by atoms with E-state index in [9.17, 15) is 19.6 Å². The second-order valence-electron chi connectivity index (χ2n) is 8.94.